The van der Waals surface area contributed by atoms with E-state index in [9.17, 15) is 0 Å². The number of para-hydroxylation sites is 1. The van der Waals surface area contributed by atoms with Gasteiger partial charge in [0, 0.05) is 12.0 Å². The van der Waals surface area contributed by atoms with E-state index in [2.05, 4.69) is 38.3 Å². The highest BCUT2D eigenvalue weighted by atomic mass is 16.5. The zero-order chi connectivity index (χ0) is 12.5. The fourth-order valence-electron chi connectivity index (χ4n) is 2.66. The van der Waals surface area contributed by atoms with Gasteiger partial charge in [0.15, 0.2) is 0 Å². The number of nitrogens with one attached hydrogen (secondary N) is 1. The van der Waals surface area contributed by atoms with Crippen LogP contribution in [0.2, 0.25) is 0 Å². The zero-order valence-electron chi connectivity index (χ0n) is 10.9. The SMILES string of the molecule is CC(C)(C)C(NN)C1COc2ccccc2C1. The topological polar surface area (TPSA) is 47.3 Å². The fraction of sp³-hybridized carbons (Fsp3) is 0.571. The molecular weight excluding hydrogens is 212 g/mol. The second kappa shape index (κ2) is 4.67. The second-order valence-electron chi connectivity index (χ2n) is 5.89. The van der Waals surface area contributed by atoms with Crippen molar-refractivity contribution in [1.82, 2.24) is 5.43 Å². The molecule has 0 amide bonds. The third-order valence-corrected chi connectivity index (χ3v) is 3.49. The quantitative estimate of drug-likeness (QED) is 0.608. The zero-order valence-corrected chi connectivity index (χ0v) is 10.9. The molecule has 94 valence electrons. The van der Waals surface area contributed by atoms with E-state index in [0.717, 1.165) is 18.8 Å². The van der Waals surface area contributed by atoms with Crippen molar-refractivity contribution in [2.75, 3.05) is 6.61 Å². The van der Waals surface area contributed by atoms with Gasteiger partial charge in [-0.25, -0.2) is 0 Å². The van der Waals surface area contributed by atoms with Crippen molar-refractivity contribution in [3.63, 3.8) is 0 Å². The summed E-state index contributed by atoms with van der Waals surface area (Å²) in [5, 5.41) is 0. The lowest BCUT2D eigenvalue weighted by Crippen LogP contribution is -2.52. The van der Waals surface area contributed by atoms with Gasteiger partial charge in [0.2, 0.25) is 0 Å². The van der Waals surface area contributed by atoms with Crippen LogP contribution in [0.3, 0.4) is 0 Å². The molecule has 0 saturated carbocycles. The number of rotatable bonds is 2. The first-order valence-electron chi connectivity index (χ1n) is 6.19. The number of fused-ring (bicyclic) bond motifs is 1. The van der Waals surface area contributed by atoms with E-state index in [1.54, 1.807) is 0 Å². The van der Waals surface area contributed by atoms with E-state index in [0.29, 0.717) is 5.92 Å². The molecule has 0 spiro atoms. The minimum atomic E-state index is 0.134. The normalized spacial score (nSPS) is 21.5. The Morgan fingerprint density at radius 3 is 2.71 bits per heavy atom. The van der Waals surface area contributed by atoms with Gasteiger partial charge in [-0.3, -0.25) is 11.3 Å². The molecule has 1 aromatic rings. The molecule has 3 nitrogen and oxygen atoms in total. The van der Waals surface area contributed by atoms with Crippen LogP contribution in [0.5, 0.6) is 5.75 Å². The maximum Gasteiger partial charge on any atom is 0.122 e. The Labute approximate surface area is 103 Å². The van der Waals surface area contributed by atoms with Crippen LogP contribution in [0.1, 0.15) is 26.3 Å². The molecule has 2 unspecified atom stereocenters. The van der Waals surface area contributed by atoms with Gasteiger partial charge in [0.05, 0.1) is 6.61 Å². The Balaban J connectivity index is 2.16. The number of hydrazine groups is 1. The summed E-state index contributed by atoms with van der Waals surface area (Å²) in [5.41, 5.74) is 4.38. The van der Waals surface area contributed by atoms with Crippen LogP contribution in [0, 0.1) is 11.3 Å². The molecule has 1 aromatic carbocycles. The molecular formula is C14H22N2O. The fourth-order valence-corrected chi connectivity index (χ4v) is 2.66. The van der Waals surface area contributed by atoms with Crippen LogP contribution >= 0.6 is 0 Å². The van der Waals surface area contributed by atoms with Gasteiger partial charge in [-0.15, -0.1) is 0 Å². The number of benzene rings is 1. The van der Waals surface area contributed by atoms with E-state index in [-0.39, 0.29) is 11.5 Å². The highest BCUT2D eigenvalue weighted by Crippen LogP contribution is 2.33. The summed E-state index contributed by atoms with van der Waals surface area (Å²) in [6.07, 6.45) is 1.03. The minimum absolute atomic E-state index is 0.134. The maximum absolute atomic E-state index is 5.82. The lowest BCUT2D eigenvalue weighted by molar-refractivity contribution is 0.122. The van der Waals surface area contributed by atoms with E-state index in [1.807, 2.05) is 12.1 Å². The number of nitrogens with two attached hydrogens (primary N) is 1. The molecule has 3 heteroatoms. The molecule has 0 fully saturated rings. The van der Waals surface area contributed by atoms with Crippen molar-refractivity contribution in [3.8, 4) is 5.75 Å². The highest BCUT2D eigenvalue weighted by molar-refractivity contribution is 5.35. The number of ether oxygens (including phenoxy) is 1. The van der Waals surface area contributed by atoms with Crippen molar-refractivity contribution in [2.24, 2.45) is 17.2 Å². The molecule has 1 aliphatic rings. The Kier molecular flexibility index (Phi) is 3.40. The largest absolute Gasteiger partial charge is 0.493 e. The Morgan fingerprint density at radius 2 is 2.06 bits per heavy atom. The van der Waals surface area contributed by atoms with Crippen LogP contribution < -0.4 is 16.0 Å². The molecule has 0 aliphatic carbocycles. The number of hydrogen-bond donors (Lipinski definition) is 2. The number of hydrogen-bond acceptors (Lipinski definition) is 3. The smallest absolute Gasteiger partial charge is 0.122 e. The van der Waals surface area contributed by atoms with Gasteiger partial charge >= 0.3 is 0 Å². The predicted molar refractivity (Wildman–Crippen MR) is 69.7 cm³/mol. The van der Waals surface area contributed by atoms with Crippen LogP contribution in [-0.2, 0) is 6.42 Å². The third kappa shape index (κ3) is 2.61. The highest BCUT2D eigenvalue weighted by Gasteiger charge is 2.34. The van der Waals surface area contributed by atoms with Gasteiger partial charge in [-0.2, -0.15) is 0 Å². The van der Waals surface area contributed by atoms with E-state index in [1.165, 1.54) is 5.56 Å². The molecule has 0 saturated heterocycles. The van der Waals surface area contributed by atoms with E-state index < -0.39 is 0 Å². The Bertz CT molecular complexity index is 384. The molecule has 2 rings (SSSR count). The van der Waals surface area contributed by atoms with Crippen molar-refractivity contribution in [1.29, 1.82) is 0 Å². The second-order valence-corrected chi connectivity index (χ2v) is 5.89. The van der Waals surface area contributed by atoms with Gasteiger partial charge in [-0.05, 0) is 23.5 Å². The Hall–Kier alpha value is -1.06. The molecule has 0 aromatic heterocycles. The van der Waals surface area contributed by atoms with Gasteiger partial charge in [0.25, 0.3) is 0 Å². The van der Waals surface area contributed by atoms with Gasteiger partial charge in [0.1, 0.15) is 5.75 Å². The summed E-state index contributed by atoms with van der Waals surface area (Å²) in [7, 11) is 0. The molecule has 1 heterocycles. The molecule has 3 N–H and O–H groups in total. The molecule has 1 aliphatic heterocycles. The van der Waals surface area contributed by atoms with Crippen molar-refractivity contribution >= 4 is 0 Å². The van der Waals surface area contributed by atoms with Crippen LogP contribution in [-0.4, -0.2) is 12.6 Å². The predicted octanol–water partition coefficient (Wildman–Crippen LogP) is 2.12. The first-order chi connectivity index (χ1) is 8.02. The van der Waals surface area contributed by atoms with Crippen LogP contribution in [0.25, 0.3) is 0 Å². The third-order valence-electron chi connectivity index (χ3n) is 3.49. The summed E-state index contributed by atoms with van der Waals surface area (Å²) in [6, 6.07) is 8.51. The summed E-state index contributed by atoms with van der Waals surface area (Å²) >= 11 is 0. The summed E-state index contributed by atoms with van der Waals surface area (Å²) in [4.78, 5) is 0. The van der Waals surface area contributed by atoms with Gasteiger partial charge < -0.3 is 4.74 Å². The van der Waals surface area contributed by atoms with Crippen LogP contribution in [0.15, 0.2) is 24.3 Å². The molecule has 0 bridgehead atoms. The first kappa shape index (κ1) is 12.4. The Morgan fingerprint density at radius 1 is 1.35 bits per heavy atom. The van der Waals surface area contributed by atoms with Crippen LogP contribution in [0.4, 0.5) is 0 Å². The van der Waals surface area contributed by atoms with Crippen molar-refractivity contribution < 1.29 is 4.74 Å². The average Bonchev–Trinajstić information content (AvgIpc) is 2.28. The first-order valence-corrected chi connectivity index (χ1v) is 6.19. The minimum Gasteiger partial charge on any atom is -0.493 e. The molecule has 2 atom stereocenters. The van der Waals surface area contributed by atoms with Gasteiger partial charge in [-0.1, -0.05) is 39.0 Å². The summed E-state index contributed by atoms with van der Waals surface area (Å²) < 4.78 is 5.82. The standard InChI is InChI=1S/C14H22N2O/c1-14(2,3)13(16-15)11-8-10-6-4-5-7-12(10)17-9-11/h4-7,11,13,16H,8-9,15H2,1-3H3. The molecule has 17 heavy (non-hydrogen) atoms. The summed E-state index contributed by atoms with van der Waals surface area (Å²) in [5.74, 6) is 7.15. The van der Waals surface area contributed by atoms with E-state index in [4.69, 9.17) is 10.6 Å². The maximum atomic E-state index is 5.82. The van der Waals surface area contributed by atoms with E-state index >= 15 is 0 Å². The average molecular weight is 234 g/mol. The lowest BCUT2D eigenvalue weighted by atomic mass is 9.76. The van der Waals surface area contributed by atoms with Crippen molar-refractivity contribution in [3.05, 3.63) is 29.8 Å². The monoisotopic (exact) mass is 234 g/mol. The lowest BCUT2D eigenvalue weighted by Gasteiger charge is -2.38. The summed E-state index contributed by atoms with van der Waals surface area (Å²) in [6.45, 7) is 7.36. The van der Waals surface area contributed by atoms with Crippen molar-refractivity contribution in [2.45, 2.75) is 33.2 Å². The molecule has 0 radical (unpaired) electrons.